The van der Waals surface area contributed by atoms with Crippen LogP contribution in [0.2, 0.25) is 0 Å². The normalized spacial score (nSPS) is 15.2. The Kier molecular flexibility index (Phi) is 5.11. The first kappa shape index (κ1) is 19.5. The molecule has 0 radical (unpaired) electrons. The van der Waals surface area contributed by atoms with Gasteiger partial charge in [-0.3, -0.25) is 5.41 Å². The second-order valence-corrected chi connectivity index (χ2v) is 6.48. The van der Waals surface area contributed by atoms with Gasteiger partial charge in [-0.25, -0.2) is 0 Å². The lowest BCUT2D eigenvalue weighted by atomic mass is 10.0. The first-order valence-corrected chi connectivity index (χ1v) is 8.94. The quantitative estimate of drug-likeness (QED) is 0.456. The van der Waals surface area contributed by atoms with E-state index in [1.54, 1.807) is 19.4 Å². The van der Waals surface area contributed by atoms with Gasteiger partial charge in [-0.2, -0.15) is 5.21 Å². The molecule has 1 aliphatic heterocycles. The molecule has 0 amide bonds. The summed E-state index contributed by atoms with van der Waals surface area (Å²) in [6.45, 7) is 0. The molecule has 30 heavy (non-hydrogen) atoms. The Morgan fingerprint density at radius 1 is 1.07 bits per heavy atom. The zero-order chi connectivity index (χ0) is 19.8. The number of benzene rings is 2. The Labute approximate surface area is 178 Å². The fourth-order valence-corrected chi connectivity index (χ4v) is 3.41. The number of aromatic amines is 1. The van der Waals surface area contributed by atoms with Crippen LogP contribution >= 0.6 is 12.4 Å². The number of tetrazole rings is 1. The largest absolute Gasteiger partial charge is 0.497 e. The van der Waals surface area contributed by atoms with Crippen molar-refractivity contribution in [2.45, 2.75) is 6.17 Å². The van der Waals surface area contributed by atoms with Crippen molar-refractivity contribution < 1.29 is 9.15 Å². The zero-order valence-electron chi connectivity index (χ0n) is 15.9. The lowest BCUT2D eigenvalue weighted by Gasteiger charge is -2.38. The van der Waals surface area contributed by atoms with Crippen molar-refractivity contribution in [3.8, 4) is 17.1 Å². The monoisotopic (exact) mass is 423 g/mol. The number of hydrogen-bond donors (Lipinski definition) is 3. The molecule has 1 unspecified atom stereocenters. The van der Waals surface area contributed by atoms with Crippen molar-refractivity contribution in [1.82, 2.24) is 20.6 Å². The summed E-state index contributed by atoms with van der Waals surface area (Å²) in [5.74, 6) is 2.22. The highest BCUT2D eigenvalue weighted by atomic mass is 35.5. The van der Waals surface area contributed by atoms with Gasteiger partial charge >= 0.3 is 0 Å². The Morgan fingerprint density at radius 2 is 1.83 bits per heavy atom. The molecule has 1 aliphatic rings. The summed E-state index contributed by atoms with van der Waals surface area (Å²) in [7, 11) is 1.63. The minimum atomic E-state index is -0.325. The average molecular weight is 424 g/mol. The number of furan rings is 1. The molecule has 0 fully saturated rings. The third-order valence-electron chi connectivity index (χ3n) is 4.87. The van der Waals surface area contributed by atoms with Gasteiger partial charge in [-0.15, -0.1) is 22.6 Å². The molecule has 3 N–H and O–H groups in total. The number of ether oxygens (including phenoxy) is 1. The maximum Gasteiger partial charge on any atom is 0.205 e. The third-order valence-corrected chi connectivity index (χ3v) is 4.87. The molecule has 9 nitrogen and oxygen atoms in total. The maximum atomic E-state index is 8.78. The molecule has 2 aromatic heterocycles. The van der Waals surface area contributed by atoms with Gasteiger partial charge in [0.15, 0.2) is 0 Å². The van der Waals surface area contributed by atoms with E-state index in [1.165, 1.54) is 0 Å². The van der Waals surface area contributed by atoms with Crippen LogP contribution in [0.25, 0.3) is 11.4 Å². The van der Waals surface area contributed by atoms with E-state index in [1.807, 2.05) is 53.4 Å². The lowest BCUT2D eigenvalue weighted by molar-refractivity contribution is 0.415. The highest BCUT2D eigenvalue weighted by Gasteiger charge is 2.33. The number of hydrogen-bond acceptors (Lipinski definition) is 7. The summed E-state index contributed by atoms with van der Waals surface area (Å²) in [6.07, 6.45) is 1.26. The number of nitrogens with one attached hydrogen (secondary N) is 3. The van der Waals surface area contributed by atoms with E-state index in [9.17, 15) is 0 Å². The molecule has 0 aliphatic carbocycles. The Balaban J connectivity index is 0.00000218. The second-order valence-electron chi connectivity index (χ2n) is 6.48. The highest BCUT2D eigenvalue weighted by molar-refractivity contribution is 6.13. The first-order chi connectivity index (χ1) is 14.2. The minimum absolute atomic E-state index is 0. The summed E-state index contributed by atoms with van der Waals surface area (Å²) < 4.78 is 10.8. The van der Waals surface area contributed by atoms with Gasteiger partial charge < -0.3 is 19.4 Å². The van der Waals surface area contributed by atoms with E-state index >= 15 is 0 Å². The first-order valence-electron chi connectivity index (χ1n) is 8.94. The lowest BCUT2D eigenvalue weighted by Crippen LogP contribution is -2.42. The van der Waals surface area contributed by atoms with E-state index in [2.05, 4.69) is 25.9 Å². The van der Waals surface area contributed by atoms with E-state index in [-0.39, 0.29) is 18.6 Å². The average Bonchev–Trinajstić information content (AvgIpc) is 3.46. The Bertz CT molecular complexity index is 1140. The van der Waals surface area contributed by atoms with Gasteiger partial charge in [0, 0.05) is 11.3 Å². The van der Waals surface area contributed by atoms with Gasteiger partial charge in [-0.1, -0.05) is 24.3 Å². The molecule has 152 valence electrons. The molecule has 1 atom stereocenters. The molecule has 0 spiro atoms. The van der Waals surface area contributed by atoms with Gasteiger partial charge in [0.2, 0.25) is 11.7 Å². The number of aromatic nitrogens is 4. The predicted octanol–water partition coefficient (Wildman–Crippen LogP) is 3.85. The number of H-pyrrole nitrogens is 1. The van der Waals surface area contributed by atoms with Crippen LogP contribution in [-0.4, -0.2) is 33.6 Å². The van der Waals surface area contributed by atoms with Crippen molar-refractivity contribution in [2.75, 3.05) is 17.3 Å². The van der Waals surface area contributed by atoms with Crippen molar-refractivity contribution in [2.24, 2.45) is 0 Å². The molecule has 4 aromatic rings. The molecule has 0 saturated heterocycles. The Hall–Kier alpha value is -3.85. The molecule has 10 heteroatoms. The topological polar surface area (TPSA) is 116 Å². The molecule has 0 saturated carbocycles. The van der Waals surface area contributed by atoms with Crippen LogP contribution in [0.3, 0.4) is 0 Å². The van der Waals surface area contributed by atoms with Crippen LogP contribution in [0.1, 0.15) is 17.3 Å². The standard InChI is InChI=1S/C20H17N7O2.ClH/c1-28-15-8-6-14(7-9-15)27-17(21)16-10-11-29-20(16)22-19(27)13-4-2-12(3-5-13)18-23-25-26-24-18;/h2-11,19,21-22H,1H3,(H,23,24,25,26);1H. The van der Waals surface area contributed by atoms with Crippen LogP contribution in [-0.2, 0) is 0 Å². The predicted molar refractivity (Wildman–Crippen MR) is 114 cm³/mol. The number of nitrogens with zero attached hydrogens (tertiary/aromatic N) is 4. The number of fused-ring (bicyclic) bond motifs is 1. The summed E-state index contributed by atoms with van der Waals surface area (Å²) in [5, 5.41) is 26.2. The van der Waals surface area contributed by atoms with E-state index in [4.69, 9.17) is 14.6 Å². The number of rotatable bonds is 4. The van der Waals surface area contributed by atoms with Crippen LogP contribution < -0.4 is 15.0 Å². The SMILES string of the molecule is COc1ccc(N2C(=N)c3ccoc3NC2c2ccc(-c3nn[nH]n3)cc2)cc1.Cl. The summed E-state index contributed by atoms with van der Waals surface area (Å²) in [6, 6.07) is 17.2. The minimum Gasteiger partial charge on any atom is -0.497 e. The number of anilines is 2. The maximum absolute atomic E-state index is 8.78. The fraction of sp³-hybridized carbons (Fsp3) is 0.100. The molecule has 2 aromatic carbocycles. The van der Waals surface area contributed by atoms with Gasteiger partial charge in [-0.05, 0) is 41.1 Å². The van der Waals surface area contributed by atoms with Crippen molar-refractivity contribution in [3.05, 3.63) is 72.0 Å². The highest BCUT2D eigenvalue weighted by Crippen LogP contribution is 2.37. The zero-order valence-corrected chi connectivity index (χ0v) is 16.7. The third kappa shape index (κ3) is 3.25. The van der Waals surface area contributed by atoms with Crippen LogP contribution in [0, 0.1) is 5.41 Å². The van der Waals surface area contributed by atoms with E-state index in [0.717, 1.165) is 22.6 Å². The summed E-state index contributed by atoms with van der Waals surface area (Å²) in [5.41, 5.74) is 3.38. The second kappa shape index (κ2) is 7.88. The summed E-state index contributed by atoms with van der Waals surface area (Å²) in [4.78, 5) is 1.92. The van der Waals surface area contributed by atoms with E-state index in [0.29, 0.717) is 23.1 Å². The van der Waals surface area contributed by atoms with Gasteiger partial charge in [0.05, 0.1) is 18.9 Å². The van der Waals surface area contributed by atoms with E-state index < -0.39 is 0 Å². The van der Waals surface area contributed by atoms with Gasteiger partial charge in [0.1, 0.15) is 17.8 Å². The number of amidine groups is 1. The molecular weight excluding hydrogens is 406 g/mol. The van der Waals surface area contributed by atoms with Gasteiger partial charge in [0.25, 0.3) is 0 Å². The van der Waals surface area contributed by atoms with Crippen LogP contribution in [0.5, 0.6) is 5.75 Å². The van der Waals surface area contributed by atoms with Crippen LogP contribution in [0.4, 0.5) is 11.6 Å². The molecule has 5 rings (SSSR count). The van der Waals surface area contributed by atoms with Crippen molar-refractivity contribution in [3.63, 3.8) is 0 Å². The molecule has 3 heterocycles. The summed E-state index contributed by atoms with van der Waals surface area (Å²) >= 11 is 0. The number of halogens is 1. The number of methoxy groups -OCH3 is 1. The molecular formula is C20H18ClN7O2. The van der Waals surface area contributed by atoms with Crippen LogP contribution in [0.15, 0.2) is 65.3 Å². The van der Waals surface area contributed by atoms with Crippen molar-refractivity contribution >= 4 is 29.8 Å². The smallest absolute Gasteiger partial charge is 0.205 e. The fourth-order valence-electron chi connectivity index (χ4n) is 3.41. The Morgan fingerprint density at radius 3 is 2.50 bits per heavy atom. The molecule has 0 bridgehead atoms. The van der Waals surface area contributed by atoms with Crippen molar-refractivity contribution in [1.29, 1.82) is 5.41 Å².